The first-order valence-corrected chi connectivity index (χ1v) is 6.93. The van der Waals surface area contributed by atoms with Crippen molar-refractivity contribution < 1.29 is 9.90 Å². The molecule has 19 heavy (non-hydrogen) atoms. The summed E-state index contributed by atoms with van der Waals surface area (Å²) >= 11 is 0. The summed E-state index contributed by atoms with van der Waals surface area (Å²) in [7, 11) is 0. The molecular formula is C15H22N2O2. The fourth-order valence-electron chi connectivity index (χ4n) is 2.20. The monoisotopic (exact) mass is 262 g/mol. The molecule has 0 aliphatic heterocycles. The maximum Gasteiger partial charge on any atom is 0.236 e. The SMILES string of the molecule is CCN(C(=O)CNCc1ccc(CO)cc1)C1CC1. The summed E-state index contributed by atoms with van der Waals surface area (Å²) in [5, 5.41) is 12.1. The number of nitrogens with zero attached hydrogens (tertiary/aromatic N) is 1. The molecule has 0 unspecified atom stereocenters. The lowest BCUT2D eigenvalue weighted by molar-refractivity contribution is -0.130. The maximum absolute atomic E-state index is 12.0. The van der Waals surface area contributed by atoms with E-state index < -0.39 is 0 Å². The molecular weight excluding hydrogens is 240 g/mol. The van der Waals surface area contributed by atoms with Gasteiger partial charge in [-0.3, -0.25) is 4.79 Å². The molecule has 4 nitrogen and oxygen atoms in total. The van der Waals surface area contributed by atoms with Crippen LogP contribution in [0.2, 0.25) is 0 Å². The summed E-state index contributed by atoms with van der Waals surface area (Å²) in [6.07, 6.45) is 2.31. The average Bonchev–Trinajstić information content (AvgIpc) is 3.25. The molecule has 1 saturated carbocycles. The predicted molar refractivity (Wildman–Crippen MR) is 74.5 cm³/mol. The second kappa shape index (κ2) is 6.68. The lowest BCUT2D eigenvalue weighted by Crippen LogP contribution is -2.39. The van der Waals surface area contributed by atoms with Gasteiger partial charge in [0.05, 0.1) is 13.2 Å². The third-order valence-corrected chi connectivity index (χ3v) is 3.46. The number of hydrogen-bond donors (Lipinski definition) is 2. The van der Waals surface area contributed by atoms with Gasteiger partial charge in [0, 0.05) is 19.1 Å². The van der Waals surface area contributed by atoms with Gasteiger partial charge in [-0.1, -0.05) is 24.3 Å². The van der Waals surface area contributed by atoms with E-state index in [1.54, 1.807) is 0 Å². The second-order valence-corrected chi connectivity index (χ2v) is 4.99. The molecule has 0 atom stereocenters. The number of rotatable bonds is 7. The van der Waals surface area contributed by atoms with Crippen molar-refractivity contribution in [2.24, 2.45) is 0 Å². The van der Waals surface area contributed by atoms with E-state index in [0.717, 1.165) is 30.5 Å². The standard InChI is InChI=1S/C15H22N2O2/c1-2-17(14-7-8-14)15(19)10-16-9-12-3-5-13(11-18)6-4-12/h3-6,14,16,18H,2,7-11H2,1H3. The van der Waals surface area contributed by atoms with E-state index in [1.807, 2.05) is 36.1 Å². The molecule has 1 aliphatic rings. The van der Waals surface area contributed by atoms with E-state index in [0.29, 0.717) is 19.1 Å². The van der Waals surface area contributed by atoms with Gasteiger partial charge in [0.15, 0.2) is 0 Å². The van der Waals surface area contributed by atoms with Gasteiger partial charge in [-0.25, -0.2) is 0 Å². The minimum Gasteiger partial charge on any atom is -0.392 e. The molecule has 2 rings (SSSR count). The van der Waals surface area contributed by atoms with Gasteiger partial charge in [0.25, 0.3) is 0 Å². The normalized spacial score (nSPS) is 14.4. The summed E-state index contributed by atoms with van der Waals surface area (Å²) < 4.78 is 0. The average molecular weight is 262 g/mol. The summed E-state index contributed by atoms with van der Waals surface area (Å²) in [6.45, 7) is 3.98. The first-order chi connectivity index (χ1) is 9.24. The highest BCUT2D eigenvalue weighted by Gasteiger charge is 2.30. The number of hydrogen-bond acceptors (Lipinski definition) is 3. The first-order valence-electron chi connectivity index (χ1n) is 6.93. The summed E-state index contributed by atoms with van der Waals surface area (Å²) in [6, 6.07) is 8.24. The van der Waals surface area contributed by atoms with Gasteiger partial charge in [0.1, 0.15) is 0 Å². The molecule has 1 aromatic rings. The Morgan fingerprint density at radius 1 is 1.32 bits per heavy atom. The fourth-order valence-corrected chi connectivity index (χ4v) is 2.20. The zero-order chi connectivity index (χ0) is 13.7. The molecule has 0 spiro atoms. The van der Waals surface area contributed by atoms with Crippen LogP contribution in [0.5, 0.6) is 0 Å². The van der Waals surface area contributed by atoms with Gasteiger partial charge in [-0.15, -0.1) is 0 Å². The van der Waals surface area contributed by atoms with Crippen molar-refractivity contribution in [2.75, 3.05) is 13.1 Å². The van der Waals surface area contributed by atoms with E-state index in [4.69, 9.17) is 5.11 Å². The van der Waals surface area contributed by atoms with E-state index in [2.05, 4.69) is 5.32 Å². The fraction of sp³-hybridized carbons (Fsp3) is 0.533. The Morgan fingerprint density at radius 2 is 1.95 bits per heavy atom. The number of aliphatic hydroxyl groups excluding tert-OH is 1. The zero-order valence-corrected chi connectivity index (χ0v) is 11.4. The summed E-state index contributed by atoms with van der Waals surface area (Å²) in [4.78, 5) is 13.9. The highest BCUT2D eigenvalue weighted by Crippen LogP contribution is 2.26. The van der Waals surface area contributed by atoms with Crippen molar-refractivity contribution in [3.05, 3.63) is 35.4 Å². The smallest absolute Gasteiger partial charge is 0.236 e. The Bertz CT molecular complexity index is 413. The Kier molecular flexibility index (Phi) is 4.93. The number of amides is 1. The Labute approximate surface area is 114 Å². The molecule has 1 aliphatic carbocycles. The van der Waals surface area contributed by atoms with Crippen molar-refractivity contribution in [3.8, 4) is 0 Å². The van der Waals surface area contributed by atoms with Gasteiger partial charge in [0.2, 0.25) is 5.91 Å². The third kappa shape index (κ3) is 4.04. The van der Waals surface area contributed by atoms with E-state index in [-0.39, 0.29) is 12.5 Å². The van der Waals surface area contributed by atoms with Crippen LogP contribution in [0.15, 0.2) is 24.3 Å². The number of aliphatic hydroxyl groups is 1. The largest absolute Gasteiger partial charge is 0.392 e. The lowest BCUT2D eigenvalue weighted by atomic mass is 10.1. The van der Waals surface area contributed by atoms with E-state index >= 15 is 0 Å². The van der Waals surface area contributed by atoms with Crippen LogP contribution >= 0.6 is 0 Å². The van der Waals surface area contributed by atoms with Gasteiger partial charge >= 0.3 is 0 Å². The molecule has 1 aromatic carbocycles. The molecule has 0 radical (unpaired) electrons. The van der Waals surface area contributed by atoms with Crippen LogP contribution in [0, 0.1) is 0 Å². The van der Waals surface area contributed by atoms with Gasteiger partial charge < -0.3 is 15.3 Å². The quantitative estimate of drug-likeness (QED) is 0.778. The lowest BCUT2D eigenvalue weighted by Gasteiger charge is -2.20. The number of likely N-dealkylation sites (N-methyl/N-ethyl adjacent to an activating group) is 1. The Hall–Kier alpha value is -1.39. The number of carbonyl (C=O) groups is 1. The minimum atomic E-state index is 0.0685. The predicted octanol–water partition coefficient (Wildman–Crippen LogP) is 1.28. The van der Waals surface area contributed by atoms with E-state index in [1.165, 1.54) is 0 Å². The van der Waals surface area contributed by atoms with Crippen molar-refractivity contribution in [3.63, 3.8) is 0 Å². The second-order valence-electron chi connectivity index (χ2n) is 4.99. The molecule has 0 aromatic heterocycles. The topological polar surface area (TPSA) is 52.6 Å². The molecule has 0 heterocycles. The van der Waals surface area contributed by atoms with Crippen LogP contribution in [0.25, 0.3) is 0 Å². The third-order valence-electron chi connectivity index (χ3n) is 3.46. The highest BCUT2D eigenvalue weighted by atomic mass is 16.3. The minimum absolute atomic E-state index is 0.0685. The molecule has 1 fully saturated rings. The van der Waals surface area contributed by atoms with Crippen LogP contribution < -0.4 is 5.32 Å². The molecule has 2 N–H and O–H groups in total. The van der Waals surface area contributed by atoms with Crippen LogP contribution in [0.1, 0.15) is 30.9 Å². The molecule has 1 amide bonds. The molecule has 0 saturated heterocycles. The van der Waals surface area contributed by atoms with Crippen molar-refractivity contribution in [1.29, 1.82) is 0 Å². The summed E-state index contributed by atoms with van der Waals surface area (Å²) in [5.41, 5.74) is 2.03. The van der Waals surface area contributed by atoms with E-state index in [9.17, 15) is 4.79 Å². The number of nitrogens with one attached hydrogen (secondary N) is 1. The van der Waals surface area contributed by atoms with Crippen LogP contribution in [0.3, 0.4) is 0 Å². The van der Waals surface area contributed by atoms with Crippen LogP contribution in [-0.4, -0.2) is 35.0 Å². The first kappa shape index (κ1) is 14.0. The Morgan fingerprint density at radius 3 is 2.47 bits per heavy atom. The van der Waals surface area contributed by atoms with Crippen molar-refractivity contribution in [2.45, 2.75) is 39.0 Å². The van der Waals surface area contributed by atoms with Crippen LogP contribution in [0.4, 0.5) is 0 Å². The Balaban J connectivity index is 1.74. The summed E-state index contributed by atoms with van der Waals surface area (Å²) in [5.74, 6) is 0.192. The highest BCUT2D eigenvalue weighted by molar-refractivity contribution is 5.78. The number of carbonyl (C=O) groups excluding carboxylic acids is 1. The van der Waals surface area contributed by atoms with Crippen LogP contribution in [-0.2, 0) is 17.9 Å². The van der Waals surface area contributed by atoms with Gasteiger partial charge in [-0.05, 0) is 30.9 Å². The number of benzene rings is 1. The zero-order valence-electron chi connectivity index (χ0n) is 11.4. The molecule has 4 heteroatoms. The maximum atomic E-state index is 12.0. The van der Waals surface area contributed by atoms with Gasteiger partial charge in [-0.2, -0.15) is 0 Å². The molecule has 104 valence electrons. The van der Waals surface area contributed by atoms with Crippen molar-refractivity contribution in [1.82, 2.24) is 10.2 Å². The van der Waals surface area contributed by atoms with Crippen molar-refractivity contribution >= 4 is 5.91 Å². The molecule has 0 bridgehead atoms.